The zero-order valence-electron chi connectivity index (χ0n) is 11.9. The van der Waals surface area contributed by atoms with Crippen LogP contribution in [0.2, 0.25) is 0 Å². The minimum Gasteiger partial charge on any atom is -0.489 e. The van der Waals surface area contributed by atoms with Crippen molar-refractivity contribution in [1.29, 1.82) is 0 Å². The minimum absolute atomic E-state index is 0.517. The summed E-state index contributed by atoms with van der Waals surface area (Å²) in [6.07, 6.45) is 1.76. The van der Waals surface area contributed by atoms with Gasteiger partial charge in [-0.15, -0.1) is 0 Å². The molecule has 0 amide bonds. The van der Waals surface area contributed by atoms with Crippen LogP contribution in [0.5, 0.6) is 5.75 Å². The molecular weight excluding hydrogens is 250 g/mol. The van der Waals surface area contributed by atoms with E-state index in [-0.39, 0.29) is 0 Å². The van der Waals surface area contributed by atoms with Gasteiger partial charge in [0.1, 0.15) is 12.4 Å². The first-order chi connectivity index (χ1) is 9.86. The molecule has 0 bridgehead atoms. The van der Waals surface area contributed by atoms with Crippen LogP contribution in [0.1, 0.15) is 5.56 Å². The van der Waals surface area contributed by atoms with E-state index >= 15 is 0 Å². The average Bonchev–Trinajstić information content (AvgIpc) is 2.50. The van der Waals surface area contributed by atoms with Crippen molar-refractivity contribution < 1.29 is 9.47 Å². The van der Waals surface area contributed by atoms with Gasteiger partial charge in [0, 0.05) is 25.8 Å². The molecule has 106 valence electrons. The van der Waals surface area contributed by atoms with Crippen LogP contribution in [-0.2, 0) is 11.3 Å². The zero-order chi connectivity index (χ0) is 14.2. The van der Waals surface area contributed by atoms with Gasteiger partial charge in [-0.3, -0.25) is 0 Å². The fraction of sp³-hybridized carbons (Fsp3) is 0.294. The van der Waals surface area contributed by atoms with Crippen molar-refractivity contribution in [2.75, 3.05) is 26.9 Å². The van der Waals surface area contributed by atoms with Crippen LogP contribution in [0.3, 0.4) is 0 Å². The van der Waals surface area contributed by atoms with Crippen LogP contribution in [0.4, 0.5) is 0 Å². The number of benzene rings is 2. The summed E-state index contributed by atoms with van der Waals surface area (Å²) in [5.41, 5.74) is 1.18. The molecule has 3 heteroatoms. The van der Waals surface area contributed by atoms with Gasteiger partial charge in [-0.1, -0.05) is 43.0 Å². The standard InChI is InChI=1S/C17H21NO2/c1-3-11-20-17-9-8-14-6-4-5-7-15(14)16(17)13-18-10-12-19-2/h3-9,18H,1,10-13H2,2H3. The summed E-state index contributed by atoms with van der Waals surface area (Å²) in [4.78, 5) is 0. The molecule has 0 atom stereocenters. The van der Waals surface area contributed by atoms with Crippen molar-refractivity contribution >= 4 is 10.8 Å². The van der Waals surface area contributed by atoms with Crippen molar-refractivity contribution in [3.63, 3.8) is 0 Å². The molecule has 0 spiro atoms. The maximum atomic E-state index is 5.76. The highest BCUT2D eigenvalue weighted by molar-refractivity contribution is 5.87. The van der Waals surface area contributed by atoms with Gasteiger partial charge in [-0.2, -0.15) is 0 Å². The SMILES string of the molecule is C=CCOc1ccc2ccccc2c1CNCCOC. The number of methoxy groups -OCH3 is 1. The third kappa shape index (κ3) is 3.59. The first-order valence-electron chi connectivity index (χ1n) is 6.80. The van der Waals surface area contributed by atoms with Crippen molar-refractivity contribution in [3.8, 4) is 5.75 Å². The number of fused-ring (bicyclic) bond motifs is 1. The fourth-order valence-electron chi connectivity index (χ4n) is 2.17. The summed E-state index contributed by atoms with van der Waals surface area (Å²) in [5, 5.41) is 5.83. The second-order valence-corrected chi connectivity index (χ2v) is 4.53. The third-order valence-electron chi connectivity index (χ3n) is 3.14. The Bertz CT molecular complexity index is 566. The van der Waals surface area contributed by atoms with Gasteiger partial charge in [-0.05, 0) is 16.8 Å². The van der Waals surface area contributed by atoms with Crippen molar-refractivity contribution in [2.45, 2.75) is 6.54 Å². The monoisotopic (exact) mass is 271 g/mol. The molecule has 0 aliphatic heterocycles. The van der Waals surface area contributed by atoms with Crippen LogP contribution in [0.25, 0.3) is 10.8 Å². The second kappa shape index (κ2) is 7.68. The van der Waals surface area contributed by atoms with Crippen molar-refractivity contribution in [2.24, 2.45) is 0 Å². The van der Waals surface area contributed by atoms with E-state index in [4.69, 9.17) is 9.47 Å². The Morgan fingerprint density at radius 1 is 1.20 bits per heavy atom. The lowest BCUT2D eigenvalue weighted by molar-refractivity contribution is 0.199. The van der Waals surface area contributed by atoms with Gasteiger partial charge >= 0.3 is 0 Å². The van der Waals surface area contributed by atoms with Gasteiger partial charge in [-0.25, -0.2) is 0 Å². The Morgan fingerprint density at radius 3 is 2.85 bits per heavy atom. The predicted molar refractivity (Wildman–Crippen MR) is 83.2 cm³/mol. The molecule has 0 saturated carbocycles. The molecule has 0 fully saturated rings. The number of nitrogens with one attached hydrogen (secondary N) is 1. The van der Waals surface area contributed by atoms with Crippen LogP contribution in [0, 0.1) is 0 Å². The van der Waals surface area contributed by atoms with Gasteiger partial charge in [0.15, 0.2) is 0 Å². The van der Waals surface area contributed by atoms with E-state index in [0.717, 1.165) is 18.8 Å². The molecule has 0 aromatic heterocycles. The Labute approximate surface area is 120 Å². The number of hydrogen-bond donors (Lipinski definition) is 1. The molecule has 1 N–H and O–H groups in total. The van der Waals surface area contributed by atoms with E-state index in [1.807, 2.05) is 6.07 Å². The van der Waals surface area contributed by atoms with E-state index in [1.165, 1.54) is 16.3 Å². The molecule has 0 heterocycles. The largest absolute Gasteiger partial charge is 0.489 e. The number of hydrogen-bond acceptors (Lipinski definition) is 3. The highest BCUT2D eigenvalue weighted by Crippen LogP contribution is 2.28. The molecule has 3 nitrogen and oxygen atoms in total. The average molecular weight is 271 g/mol. The van der Waals surface area contributed by atoms with Gasteiger partial charge in [0.2, 0.25) is 0 Å². The third-order valence-corrected chi connectivity index (χ3v) is 3.14. The smallest absolute Gasteiger partial charge is 0.124 e. The van der Waals surface area contributed by atoms with Crippen LogP contribution >= 0.6 is 0 Å². The maximum Gasteiger partial charge on any atom is 0.124 e. The molecular formula is C17H21NO2. The molecule has 0 radical (unpaired) electrons. The maximum absolute atomic E-state index is 5.76. The highest BCUT2D eigenvalue weighted by Gasteiger charge is 2.08. The first-order valence-corrected chi connectivity index (χ1v) is 6.80. The van der Waals surface area contributed by atoms with Crippen LogP contribution in [0.15, 0.2) is 49.1 Å². The fourth-order valence-corrected chi connectivity index (χ4v) is 2.17. The molecule has 2 aromatic carbocycles. The van der Waals surface area contributed by atoms with Crippen molar-refractivity contribution in [3.05, 3.63) is 54.6 Å². The number of rotatable bonds is 8. The molecule has 0 unspecified atom stereocenters. The lowest BCUT2D eigenvalue weighted by Gasteiger charge is -2.14. The molecule has 0 saturated heterocycles. The Balaban J connectivity index is 2.26. The quantitative estimate of drug-likeness (QED) is 0.591. The second-order valence-electron chi connectivity index (χ2n) is 4.53. The molecule has 2 rings (SSSR count). The molecule has 2 aromatic rings. The number of ether oxygens (including phenoxy) is 2. The van der Waals surface area contributed by atoms with Gasteiger partial charge < -0.3 is 14.8 Å². The van der Waals surface area contributed by atoms with E-state index < -0.39 is 0 Å². The highest BCUT2D eigenvalue weighted by atomic mass is 16.5. The van der Waals surface area contributed by atoms with Gasteiger partial charge in [0.05, 0.1) is 6.61 Å². The van der Waals surface area contributed by atoms with Crippen LogP contribution in [-0.4, -0.2) is 26.9 Å². The van der Waals surface area contributed by atoms with E-state index in [0.29, 0.717) is 13.2 Å². The van der Waals surface area contributed by atoms with Gasteiger partial charge in [0.25, 0.3) is 0 Å². The van der Waals surface area contributed by atoms with E-state index in [9.17, 15) is 0 Å². The normalized spacial score (nSPS) is 10.7. The lowest BCUT2D eigenvalue weighted by atomic mass is 10.0. The predicted octanol–water partition coefficient (Wildman–Crippen LogP) is 3.14. The summed E-state index contributed by atoms with van der Waals surface area (Å²) >= 11 is 0. The Kier molecular flexibility index (Phi) is 5.59. The summed E-state index contributed by atoms with van der Waals surface area (Å²) in [6.45, 7) is 6.50. The molecule has 0 aliphatic carbocycles. The summed E-state index contributed by atoms with van der Waals surface area (Å²) in [6, 6.07) is 12.5. The van der Waals surface area contributed by atoms with E-state index in [2.05, 4.69) is 42.2 Å². The minimum atomic E-state index is 0.517. The van der Waals surface area contributed by atoms with Crippen molar-refractivity contribution in [1.82, 2.24) is 5.32 Å². The Morgan fingerprint density at radius 2 is 2.05 bits per heavy atom. The summed E-state index contributed by atoms with van der Waals surface area (Å²) in [7, 11) is 1.71. The topological polar surface area (TPSA) is 30.5 Å². The van der Waals surface area contributed by atoms with Crippen LogP contribution < -0.4 is 10.1 Å². The molecule has 20 heavy (non-hydrogen) atoms. The molecule has 0 aliphatic rings. The van der Waals surface area contributed by atoms with E-state index in [1.54, 1.807) is 13.2 Å². The zero-order valence-corrected chi connectivity index (χ0v) is 11.9. The Hall–Kier alpha value is -1.84. The first kappa shape index (κ1) is 14.6. The lowest BCUT2D eigenvalue weighted by Crippen LogP contribution is -2.19. The summed E-state index contributed by atoms with van der Waals surface area (Å²) < 4.78 is 10.8. The summed E-state index contributed by atoms with van der Waals surface area (Å²) in [5.74, 6) is 0.911.